The lowest BCUT2D eigenvalue weighted by Crippen LogP contribution is -2.40. The predicted octanol–water partition coefficient (Wildman–Crippen LogP) is 3.70. The molecule has 2 heterocycles. The summed E-state index contributed by atoms with van der Waals surface area (Å²) in [4.78, 5) is 31.9. The number of ketones is 1. The van der Waals surface area contributed by atoms with Crippen LogP contribution >= 0.6 is 0 Å². The van der Waals surface area contributed by atoms with Gasteiger partial charge in [-0.2, -0.15) is 4.98 Å². The van der Waals surface area contributed by atoms with Crippen molar-refractivity contribution in [3.05, 3.63) is 71.4 Å². The van der Waals surface area contributed by atoms with Crippen LogP contribution in [0.1, 0.15) is 45.3 Å². The average Bonchev–Trinajstić information content (AvgIpc) is 3.27. The number of carbonyl (C=O) groups is 2. The molecule has 1 aliphatic rings. The van der Waals surface area contributed by atoms with Gasteiger partial charge < -0.3 is 18.9 Å². The number of aryl methyl sites for hydroxylation is 1. The van der Waals surface area contributed by atoms with Gasteiger partial charge in [-0.25, -0.2) is 0 Å². The fourth-order valence-electron chi connectivity index (χ4n) is 3.82. The Hall–Kier alpha value is -3.68. The Bertz CT molecular complexity index is 1090. The van der Waals surface area contributed by atoms with Gasteiger partial charge in [0.15, 0.2) is 12.4 Å². The maximum Gasteiger partial charge on any atom is 0.257 e. The zero-order valence-electron chi connectivity index (χ0n) is 18.1. The van der Waals surface area contributed by atoms with Crippen LogP contribution in [0, 0.1) is 12.8 Å². The van der Waals surface area contributed by atoms with Crippen molar-refractivity contribution in [2.24, 2.45) is 5.92 Å². The second-order valence-electron chi connectivity index (χ2n) is 7.67. The van der Waals surface area contributed by atoms with Crippen molar-refractivity contribution in [2.75, 3.05) is 20.2 Å². The van der Waals surface area contributed by atoms with Gasteiger partial charge in [0.05, 0.1) is 12.7 Å². The van der Waals surface area contributed by atoms with E-state index >= 15 is 0 Å². The number of amides is 1. The molecule has 1 saturated heterocycles. The van der Waals surface area contributed by atoms with Crippen molar-refractivity contribution in [1.82, 2.24) is 15.0 Å². The predicted molar refractivity (Wildman–Crippen MR) is 116 cm³/mol. The monoisotopic (exact) mass is 435 g/mol. The van der Waals surface area contributed by atoms with Crippen LogP contribution in [-0.4, -0.2) is 46.9 Å². The molecule has 1 aromatic heterocycles. The van der Waals surface area contributed by atoms with Gasteiger partial charge in [0.25, 0.3) is 5.91 Å². The summed E-state index contributed by atoms with van der Waals surface area (Å²) in [5.74, 6) is 1.97. The number of Topliss-reactive ketones (excluding diaryl/α,β-unsaturated/α-hetero) is 1. The van der Waals surface area contributed by atoms with Crippen LogP contribution < -0.4 is 9.47 Å². The number of nitrogens with zero attached hydrogens (tertiary/aromatic N) is 3. The lowest BCUT2D eigenvalue weighted by atomic mass is 9.88. The van der Waals surface area contributed by atoms with Crippen molar-refractivity contribution in [3.8, 4) is 11.5 Å². The van der Waals surface area contributed by atoms with Crippen molar-refractivity contribution >= 4 is 11.7 Å². The quantitative estimate of drug-likeness (QED) is 0.522. The summed E-state index contributed by atoms with van der Waals surface area (Å²) in [6, 6.07) is 14.3. The molecule has 166 valence electrons. The molecule has 0 bridgehead atoms. The Morgan fingerprint density at radius 2 is 1.81 bits per heavy atom. The van der Waals surface area contributed by atoms with Gasteiger partial charge in [0.1, 0.15) is 11.5 Å². The van der Waals surface area contributed by atoms with Gasteiger partial charge in [-0.05, 0) is 49.2 Å². The van der Waals surface area contributed by atoms with Gasteiger partial charge in [-0.15, -0.1) is 0 Å². The van der Waals surface area contributed by atoms with E-state index in [4.69, 9.17) is 14.0 Å². The van der Waals surface area contributed by atoms with Gasteiger partial charge in [-0.1, -0.05) is 17.3 Å². The zero-order valence-corrected chi connectivity index (χ0v) is 18.1. The maximum atomic E-state index is 13.2. The molecule has 0 saturated carbocycles. The van der Waals surface area contributed by atoms with E-state index in [1.54, 1.807) is 61.4 Å². The number of rotatable bonds is 7. The molecule has 8 nitrogen and oxygen atoms in total. The highest BCUT2D eigenvalue weighted by molar-refractivity contribution is 5.99. The van der Waals surface area contributed by atoms with E-state index in [-0.39, 0.29) is 24.2 Å². The molecule has 0 atom stereocenters. The first-order valence-electron chi connectivity index (χ1n) is 10.5. The second-order valence-corrected chi connectivity index (χ2v) is 7.67. The largest absolute Gasteiger partial charge is 0.497 e. The molecular formula is C24H25N3O5. The van der Waals surface area contributed by atoms with Gasteiger partial charge in [0, 0.05) is 31.5 Å². The highest BCUT2D eigenvalue weighted by Gasteiger charge is 2.29. The Labute approximate surface area is 186 Å². The summed E-state index contributed by atoms with van der Waals surface area (Å²) in [7, 11) is 1.60. The number of likely N-dealkylation sites (tertiary alicyclic amines) is 1. The molecule has 1 aliphatic heterocycles. The van der Waals surface area contributed by atoms with Crippen molar-refractivity contribution in [2.45, 2.75) is 26.4 Å². The number of piperidine rings is 1. The average molecular weight is 435 g/mol. The molecule has 3 aromatic rings. The van der Waals surface area contributed by atoms with Crippen molar-refractivity contribution in [3.63, 3.8) is 0 Å². The first kappa shape index (κ1) is 21.5. The first-order chi connectivity index (χ1) is 15.5. The molecular weight excluding hydrogens is 410 g/mol. The molecule has 32 heavy (non-hydrogen) atoms. The maximum absolute atomic E-state index is 13.2. The van der Waals surface area contributed by atoms with Crippen molar-refractivity contribution < 1.29 is 23.6 Å². The minimum absolute atomic E-state index is 0.0968. The molecule has 4 rings (SSSR count). The van der Waals surface area contributed by atoms with Gasteiger partial charge in [0.2, 0.25) is 11.7 Å². The Morgan fingerprint density at radius 3 is 2.47 bits per heavy atom. The number of methoxy groups -OCH3 is 1. The second kappa shape index (κ2) is 9.64. The molecule has 0 N–H and O–H groups in total. The van der Waals surface area contributed by atoms with Crippen LogP contribution in [0.25, 0.3) is 0 Å². The highest BCUT2D eigenvalue weighted by atomic mass is 16.5. The van der Waals surface area contributed by atoms with E-state index in [0.29, 0.717) is 54.5 Å². The molecule has 0 spiro atoms. The fourth-order valence-corrected chi connectivity index (χ4v) is 3.82. The third-order valence-electron chi connectivity index (χ3n) is 5.57. The molecule has 1 fully saturated rings. The number of para-hydroxylation sites is 1. The van der Waals surface area contributed by atoms with Crippen LogP contribution in [0.15, 0.2) is 53.1 Å². The molecule has 0 unspecified atom stereocenters. The highest BCUT2D eigenvalue weighted by Crippen LogP contribution is 2.26. The number of ether oxygens (including phenoxy) is 2. The Balaban J connectivity index is 1.37. The zero-order chi connectivity index (χ0) is 22.5. The summed E-state index contributed by atoms with van der Waals surface area (Å²) in [6.45, 7) is 2.85. The number of hydrogen-bond donors (Lipinski definition) is 0. The summed E-state index contributed by atoms with van der Waals surface area (Å²) >= 11 is 0. The van der Waals surface area contributed by atoms with Crippen molar-refractivity contribution in [1.29, 1.82) is 0 Å². The van der Waals surface area contributed by atoms with Crippen LogP contribution in [0.4, 0.5) is 0 Å². The summed E-state index contributed by atoms with van der Waals surface area (Å²) in [5.41, 5.74) is 1.15. The SMILES string of the molecule is COc1ccc(C(=O)C2CCN(C(=O)c3ccccc3OCc3noc(C)n3)CC2)cc1. The molecule has 1 amide bonds. The van der Waals surface area contributed by atoms with Crippen LogP contribution in [0.5, 0.6) is 11.5 Å². The third-order valence-corrected chi connectivity index (χ3v) is 5.57. The van der Waals surface area contributed by atoms with E-state index < -0.39 is 0 Å². The molecule has 2 aromatic carbocycles. The first-order valence-corrected chi connectivity index (χ1v) is 10.5. The standard InChI is InChI=1S/C24H25N3O5/c1-16-25-22(26-32-16)15-31-21-6-4-3-5-20(21)24(29)27-13-11-18(12-14-27)23(28)17-7-9-19(30-2)10-8-17/h3-10,18H,11-15H2,1-2H3. The smallest absolute Gasteiger partial charge is 0.257 e. The topological polar surface area (TPSA) is 94.8 Å². The fraction of sp³-hybridized carbons (Fsp3) is 0.333. The summed E-state index contributed by atoms with van der Waals surface area (Å²) < 4.78 is 15.9. The number of benzene rings is 2. The Morgan fingerprint density at radius 1 is 1.09 bits per heavy atom. The van der Waals surface area contributed by atoms with Crippen LogP contribution in [0.2, 0.25) is 0 Å². The van der Waals surface area contributed by atoms with E-state index in [1.165, 1.54) is 0 Å². The number of carbonyl (C=O) groups excluding carboxylic acids is 2. The summed E-state index contributed by atoms with van der Waals surface area (Å²) in [6.07, 6.45) is 1.25. The van der Waals surface area contributed by atoms with E-state index in [1.807, 2.05) is 6.07 Å². The van der Waals surface area contributed by atoms with E-state index in [0.717, 1.165) is 5.75 Å². The summed E-state index contributed by atoms with van der Waals surface area (Å²) in [5, 5.41) is 3.81. The van der Waals surface area contributed by atoms with Gasteiger partial charge in [-0.3, -0.25) is 9.59 Å². The lowest BCUT2D eigenvalue weighted by molar-refractivity contribution is 0.0646. The lowest BCUT2D eigenvalue weighted by Gasteiger charge is -2.31. The van der Waals surface area contributed by atoms with E-state index in [9.17, 15) is 9.59 Å². The third kappa shape index (κ3) is 4.80. The van der Waals surface area contributed by atoms with Crippen LogP contribution in [-0.2, 0) is 6.61 Å². The van der Waals surface area contributed by atoms with E-state index in [2.05, 4.69) is 10.1 Å². The normalized spacial score (nSPS) is 14.2. The minimum Gasteiger partial charge on any atom is -0.497 e. The number of hydrogen-bond acceptors (Lipinski definition) is 7. The molecule has 0 radical (unpaired) electrons. The van der Waals surface area contributed by atoms with Crippen LogP contribution in [0.3, 0.4) is 0 Å². The number of aromatic nitrogens is 2. The molecule has 0 aliphatic carbocycles. The van der Waals surface area contributed by atoms with Gasteiger partial charge >= 0.3 is 0 Å². The molecule has 8 heteroatoms. The minimum atomic E-state index is -0.111. The Kier molecular flexibility index (Phi) is 6.49.